The molecule has 0 radical (unpaired) electrons. The molecule has 1 unspecified atom stereocenters. The van der Waals surface area contributed by atoms with Crippen molar-refractivity contribution in [3.05, 3.63) is 64.7 Å². The monoisotopic (exact) mass is 505 g/mol. The maximum Gasteiger partial charge on any atom is 0.254 e. The predicted octanol–water partition coefficient (Wildman–Crippen LogP) is 2.67. The van der Waals surface area contributed by atoms with E-state index in [-0.39, 0.29) is 23.3 Å². The number of halogens is 1. The van der Waals surface area contributed by atoms with Gasteiger partial charge in [-0.2, -0.15) is 4.31 Å². The lowest BCUT2D eigenvalue weighted by Gasteiger charge is -2.29. The number of hydrogen-bond acceptors (Lipinski definition) is 5. The molecule has 10 heteroatoms. The molecule has 8 nitrogen and oxygen atoms in total. The Kier molecular flexibility index (Phi) is 7.88. The topological polar surface area (TPSA) is 96.0 Å². The van der Waals surface area contributed by atoms with Crippen LogP contribution in [0, 0.1) is 0 Å². The van der Waals surface area contributed by atoms with Gasteiger partial charge in [0.2, 0.25) is 15.9 Å². The first-order valence-electron chi connectivity index (χ1n) is 11.4. The molecule has 4 rings (SSSR count). The van der Waals surface area contributed by atoms with Gasteiger partial charge in [-0.3, -0.25) is 9.59 Å². The van der Waals surface area contributed by atoms with E-state index in [4.69, 9.17) is 16.3 Å². The second-order valence-corrected chi connectivity index (χ2v) is 10.7. The molecule has 2 aliphatic heterocycles. The summed E-state index contributed by atoms with van der Waals surface area (Å²) in [6, 6.07) is 12.0. The van der Waals surface area contributed by atoms with Crippen LogP contribution in [0.2, 0.25) is 5.02 Å². The third-order valence-electron chi connectivity index (χ3n) is 6.11. The Labute approximate surface area is 204 Å². The fraction of sp³-hybridized carbons (Fsp3) is 0.417. The Morgan fingerprint density at radius 1 is 1.06 bits per heavy atom. The van der Waals surface area contributed by atoms with Crippen molar-refractivity contribution >= 4 is 33.4 Å². The van der Waals surface area contributed by atoms with E-state index >= 15 is 0 Å². The molecule has 2 saturated heterocycles. The molecule has 2 amide bonds. The number of hydrogen-bond donors (Lipinski definition) is 1. The highest BCUT2D eigenvalue weighted by Gasteiger charge is 2.36. The van der Waals surface area contributed by atoms with Gasteiger partial charge in [-0.15, -0.1) is 0 Å². The highest BCUT2D eigenvalue weighted by molar-refractivity contribution is 7.89. The van der Waals surface area contributed by atoms with Crippen molar-refractivity contribution in [1.29, 1.82) is 0 Å². The highest BCUT2D eigenvalue weighted by Crippen LogP contribution is 2.26. The Hall–Kier alpha value is -2.46. The van der Waals surface area contributed by atoms with Gasteiger partial charge in [-0.1, -0.05) is 23.7 Å². The first kappa shape index (κ1) is 24.7. The number of nitrogens with zero attached hydrogens (tertiary/aromatic N) is 2. The molecule has 1 atom stereocenters. The lowest BCUT2D eigenvalue weighted by molar-refractivity contribution is -0.124. The quantitative estimate of drug-likeness (QED) is 0.651. The van der Waals surface area contributed by atoms with Gasteiger partial charge in [0.05, 0.1) is 18.1 Å². The number of carbonyl (C=O) groups is 2. The average Bonchev–Trinajstić information content (AvgIpc) is 3.07. The Bertz CT molecular complexity index is 1120. The summed E-state index contributed by atoms with van der Waals surface area (Å²) in [5.41, 5.74) is 1.22. The van der Waals surface area contributed by atoms with E-state index in [9.17, 15) is 18.0 Å². The fourth-order valence-corrected chi connectivity index (χ4v) is 5.92. The largest absolute Gasteiger partial charge is 0.378 e. The van der Waals surface area contributed by atoms with E-state index in [1.54, 1.807) is 29.2 Å². The molecule has 182 valence electrons. The van der Waals surface area contributed by atoms with Crippen LogP contribution in [0.4, 0.5) is 0 Å². The van der Waals surface area contributed by atoms with Crippen LogP contribution in [-0.4, -0.2) is 68.3 Å². The number of morpholine rings is 1. The lowest BCUT2D eigenvalue weighted by Crippen LogP contribution is -2.48. The smallest absolute Gasteiger partial charge is 0.254 e. The van der Waals surface area contributed by atoms with E-state index in [1.165, 1.54) is 28.6 Å². The minimum absolute atomic E-state index is 0.00900. The van der Waals surface area contributed by atoms with Crippen LogP contribution in [0.1, 0.15) is 35.2 Å². The minimum atomic E-state index is -3.98. The zero-order chi connectivity index (χ0) is 24.1. The molecule has 2 aliphatic rings. The van der Waals surface area contributed by atoms with E-state index < -0.39 is 16.1 Å². The molecular weight excluding hydrogens is 478 g/mol. The fourth-order valence-electron chi connectivity index (χ4n) is 4.18. The van der Waals surface area contributed by atoms with E-state index in [1.807, 2.05) is 0 Å². The average molecular weight is 506 g/mol. The van der Waals surface area contributed by atoms with Gasteiger partial charge in [-0.25, -0.2) is 8.42 Å². The molecule has 34 heavy (non-hydrogen) atoms. The third-order valence-corrected chi connectivity index (χ3v) is 8.23. The van der Waals surface area contributed by atoms with Gasteiger partial charge >= 0.3 is 0 Å². The van der Waals surface area contributed by atoms with Gasteiger partial charge in [0.15, 0.2) is 0 Å². The molecule has 2 aromatic carbocycles. The predicted molar refractivity (Wildman–Crippen MR) is 128 cm³/mol. The van der Waals surface area contributed by atoms with Gasteiger partial charge in [0.25, 0.3) is 5.91 Å². The summed E-state index contributed by atoms with van der Waals surface area (Å²) in [6.45, 7) is 2.67. The molecule has 1 N–H and O–H groups in total. The summed E-state index contributed by atoms with van der Waals surface area (Å²) in [5, 5.41) is 3.26. The number of carbonyl (C=O) groups excluding carboxylic acids is 2. The van der Waals surface area contributed by atoms with Crippen LogP contribution in [0.15, 0.2) is 53.4 Å². The second kappa shape index (κ2) is 10.9. The van der Waals surface area contributed by atoms with Crippen molar-refractivity contribution in [3.63, 3.8) is 0 Å². The number of amides is 2. The van der Waals surface area contributed by atoms with Crippen molar-refractivity contribution in [2.45, 2.75) is 36.7 Å². The summed E-state index contributed by atoms with van der Waals surface area (Å²) < 4.78 is 33.8. The first-order valence-corrected chi connectivity index (χ1v) is 13.2. The summed E-state index contributed by atoms with van der Waals surface area (Å²) in [5.74, 6) is -0.377. The van der Waals surface area contributed by atoms with Gasteiger partial charge < -0.3 is 15.0 Å². The van der Waals surface area contributed by atoms with E-state index in [2.05, 4.69) is 5.32 Å². The standard InChI is InChI=1S/C24H28ClN3O5S/c25-20-8-10-21(11-9-20)34(31,32)28(22-3-1-2-12-26-23(22)29)17-18-4-6-19(7-5-18)24(30)27-13-15-33-16-14-27/h4-11,22H,1-3,12-17H2,(H,26,29). The van der Waals surface area contributed by atoms with E-state index in [0.717, 1.165) is 12.8 Å². The summed E-state index contributed by atoms with van der Waals surface area (Å²) >= 11 is 5.95. The molecule has 2 heterocycles. The molecular formula is C24H28ClN3O5S. The maximum absolute atomic E-state index is 13.6. The van der Waals surface area contributed by atoms with Crippen LogP contribution in [-0.2, 0) is 26.1 Å². The zero-order valence-corrected chi connectivity index (χ0v) is 20.4. The zero-order valence-electron chi connectivity index (χ0n) is 18.8. The molecule has 0 saturated carbocycles. The summed E-state index contributed by atoms with van der Waals surface area (Å²) in [7, 11) is -3.98. The number of ether oxygens (including phenoxy) is 1. The molecule has 0 bridgehead atoms. The van der Waals surface area contributed by atoms with Crippen molar-refractivity contribution in [1.82, 2.24) is 14.5 Å². The van der Waals surface area contributed by atoms with Crippen molar-refractivity contribution < 1.29 is 22.7 Å². The Morgan fingerprint density at radius 2 is 1.74 bits per heavy atom. The molecule has 2 aromatic rings. The number of sulfonamides is 1. The molecule has 0 spiro atoms. The van der Waals surface area contributed by atoms with E-state index in [0.29, 0.717) is 55.4 Å². The van der Waals surface area contributed by atoms with Crippen LogP contribution in [0.5, 0.6) is 0 Å². The van der Waals surface area contributed by atoms with Gasteiger partial charge in [0.1, 0.15) is 6.04 Å². The summed E-state index contributed by atoms with van der Waals surface area (Å²) in [4.78, 5) is 27.4. The second-order valence-electron chi connectivity index (χ2n) is 8.41. The van der Waals surface area contributed by atoms with Gasteiger partial charge in [0, 0.05) is 36.8 Å². The SMILES string of the molecule is O=C1NCCCCC1N(Cc1ccc(C(=O)N2CCOCC2)cc1)S(=O)(=O)c1ccc(Cl)cc1. The Morgan fingerprint density at radius 3 is 2.41 bits per heavy atom. The molecule has 2 fully saturated rings. The van der Waals surface area contributed by atoms with Crippen LogP contribution < -0.4 is 5.32 Å². The van der Waals surface area contributed by atoms with Crippen molar-refractivity contribution in [2.24, 2.45) is 0 Å². The van der Waals surface area contributed by atoms with Crippen molar-refractivity contribution in [2.75, 3.05) is 32.8 Å². The Balaban J connectivity index is 1.61. The van der Waals surface area contributed by atoms with Gasteiger partial charge in [-0.05, 0) is 61.2 Å². The third kappa shape index (κ3) is 5.60. The van der Waals surface area contributed by atoms with Crippen LogP contribution in [0.25, 0.3) is 0 Å². The number of benzene rings is 2. The maximum atomic E-state index is 13.6. The first-order chi connectivity index (χ1) is 16.4. The van der Waals surface area contributed by atoms with Crippen LogP contribution in [0.3, 0.4) is 0 Å². The molecule has 0 aliphatic carbocycles. The number of rotatable bonds is 6. The number of nitrogens with one attached hydrogen (secondary N) is 1. The minimum Gasteiger partial charge on any atom is -0.378 e. The normalized spacial score (nSPS) is 19.5. The van der Waals surface area contributed by atoms with Crippen LogP contribution >= 0.6 is 11.6 Å². The summed E-state index contributed by atoms with van der Waals surface area (Å²) in [6.07, 6.45) is 1.98. The molecule has 0 aromatic heterocycles. The van der Waals surface area contributed by atoms with Crippen molar-refractivity contribution in [3.8, 4) is 0 Å². The lowest BCUT2D eigenvalue weighted by atomic mass is 10.1. The highest BCUT2D eigenvalue weighted by atomic mass is 35.5.